The Kier molecular flexibility index (Phi) is 5.72. The molecule has 31 heavy (non-hydrogen) atoms. The number of methoxy groups -OCH3 is 2. The molecule has 0 aromatic heterocycles. The van der Waals surface area contributed by atoms with Crippen LogP contribution in [0.3, 0.4) is 0 Å². The molecule has 0 saturated carbocycles. The summed E-state index contributed by atoms with van der Waals surface area (Å²) in [4.78, 5) is 40.7. The summed E-state index contributed by atoms with van der Waals surface area (Å²) in [6, 6.07) is 6.48. The Morgan fingerprint density at radius 1 is 1.19 bits per heavy atom. The fourth-order valence-corrected chi connectivity index (χ4v) is 4.89. The van der Waals surface area contributed by atoms with Gasteiger partial charge in [0.15, 0.2) is 0 Å². The van der Waals surface area contributed by atoms with Crippen LogP contribution in [0.15, 0.2) is 36.4 Å². The lowest BCUT2D eigenvalue weighted by atomic mass is 9.74. The number of nitrogens with zero attached hydrogens (tertiary/aromatic N) is 1. The molecular weight excluding hydrogens is 402 g/mol. The van der Waals surface area contributed by atoms with E-state index in [-0.39, 0.29) is 30.9 Å². The molecule has 1 aromatic rings. The minimum Gasteiger partial charge on any atom is -0.497 e. The van der Waals surface area contributed by atoms with Gasteiger partial charge in [-0.3, -0.25) is 14.4 Å². The van der Waals surface area contributed by atoms with E-state index in [2.05, 4.69) is 10.6 Å². The fourth-order valence-electron chi connectivity index (χ4n) is 4.89. The molecule has 1 spiro atoms. The van der Waals surface area contributed by atoms with E-state index in [1.165, 1.54) is 19.1 Å². The Labute approximate surface area is 180 Å². The van der Waals surface area contributed by atoms with Crippen LogP contribution in [0.1, 0.15) is 5.56 Å². The minimum atomic E-state index is -1.16. The van der Waals surface area contributed by atoms with Crippen molar-refractivity contribution >= 4 is 17.7 Å². The lowest BCUT2D eigenvalue weighted by molar-refractivity contribution is -0.142. The number of fused-ring (bicyclic) bond motifs is 1. The molecule has 5 atom stereocenters. The van der Waals surface area contributed by atoms with Gasteiger partial charge in [-0.25, -0.2) is 0 Å². The first-order chi connectivity index (χ1) is 15.0. The molecule has 3 amide bonds. The summed E-state index contributed by atoms with van der Waals surface area (Å²) in [6.07, 6.45) is 3.05. The van der Waals surface area contributed by atoms with E-state index < -0.39 is 29.6 Å². The number of benzene rings is 1. The van der Waals surface area contributed by atoms with E-state index in [0.29, 0.717) is 6.54 Å². The number of amides is 3. The third kappa shape index (κ3) is 3.37. The molecule has 3 heterocycles. The number of likely N-dealkylation sites (tertiary alicyclic amines) is 1. The number of carbonyl (C=O) groups excluding carboxylic acids is 3. The van der Waals surface area contributed by atoms with Crippen LogP contribution >= 0.6 is 0 Å². The predicted octanol–water partition coefficient (Wildman–Crippen LogP) is -0.146. The maximum atomic E-state index is 13.4. The Morgan fingerprint density at radius 2 is 1.94 bits per heavy atom. The molecule has 0 radical (unpaired) electrons. The Morgan fingerprint density at radius 3 is 2.58 bits per heavy atom. The van der Waals surface area contributed by atoms with Crippen molar-refractivity contribution in [2.75, 3.05) is 34.4 Å². The molecule has 2 bridgehead atoms. The van der Waals surface area contributed by atoms with Crippen molar-refractivity contribution in [1.82, 2.24) is 15.5 Å². The lowest BCUT2D eigenvalue weighted by Crippen LogP contribution is -2.55. The Hall–Kier alpha value is -2.91. The summed E-state index contributed by atoms with van der Waals surface area (Å²) in [7, 11) is 4.66. The van der Waals surface area contributed by atoms with Crippen LogP contribution in [0, 0.1) is 11.8 Å². The second-order valence-corrected chi connectivity index (χ2v) is 7.91. The molecule has 2 saturated heterocycles. The van der Waals surface area contributed by atoms with Crippen LogP contribution in [-0.2, 0) is 30.4 Å². The van der Waals surface area contributed by atoms with Gasteiger partial charge in [-0.2, -0.15) is 0 Å². The zero-order chi connectivity index (χ0) is 22.2. The van der Waals surface area contributed by atoms with Crippen LogP contribution in [0.4, 0.5) is 0 Å². The van der Waals surface area contributed by atoms with Crippen molar-refractivity contribution in [3.05, 3.63) is 42.0 Å². The lowest BCUT2D eigenvalue weighted by Gasteiger charge is -2.32. The van der Waals surface area contributed by atoms with E-state index in [1.54, 1.807) is 19.3 Å². The normalized spacial score (nSPS) is 30.4. The molecule has 9 nitrogen and oxygen atoms in total. The number of ether oxygens (including phenoxy) is 3. The van der Waals surface area contributed by atoms with Crippen LogP contribution in [0.5, 0.6) is 5.75 Å². The molecule has 0 aliphatic carbocycles. The van der Waals surface area contributed by atoms with Crippen molar-refractivity contribution in [2.24, 2.45) is 11.8 Å². The van der Waals surface area contributed by atoms with Crippen LogP contribution in [-0.4, -0.2) is 74.8 Å². The van der Waals surface area contributed by atoms with Crippen molar-refractivity contribution in [1.29, 1.82) is 0 Å². The molecular formula is C22H27N3O6. The number of nitrogens with one attached hydrogen (secondary N) is 2. The first-order valence-corrected chi connectivity index (χ1v) is 10.3. The molecule has 166 valence electrons. The molecule has 3 aliphatic rings. The van der Waals surface area contributed by atoms with Crippen molar-refractivity contribution in [3.63, 3.8) is 0 Å². The van der Waals surface area contributed by atoms with Gasteiger partial charge in [0.1, 0.15) is 17.4 Å². The van der Waals surface area contributed by atoms with Gasteiger partial charge in [0.05, 0.1) is 31.7 Å². The average Bonchev–Trinajstić information content (AvgIpc) is 3.43. The van der Waals surface area contributed by atoms with Crippen LogP contribution in [0.2, 0.25) is 0 Å². The van der Waals surface area contributed by atoms with E-state index >= 15 is 0 Å². The molecule has 2 fully saturated rings. The largest absolute Gasteiger partial charge is 0.497 e. The standard InChI is InChI=1S/C22H27N3O6/c1-23-19(26)16-15-8-9-22(31-15)17(16)21(28)25(10-11-29-2)18(22)20(27)24-12-13-4-6-14(30-3)7-5-13/h4-9,15-18H,10-12H2,1-3H3,(H,23,26)(H,24,27)/t15-,16+,17-,18+,22-/m0/s1. The van der Waals surface area contributed by atoms with Crippen LogP contribution in [0.25, 0.3) is 0 Å². The highest BCUT2D eigenvalue weighted by atomic mass is 16.5. The highest BCUT2D eigenvalue weighted by molar-refractivity contribution is 5.99. The van der Waals surface area contributed by atoms with Gasteiger partial charge in [0.2, 0.25) is 17.7 Å². The molecule has 3 aliphatic heterocycles. The maximum absolute atomic E-state index is 13.4. The van der Waals surface area contributed by atoms with Crippen molar-refractivity contribution in [2.45, 2.75) is 24.3 Å². The van der Waals surface area contributed by atoms with Crippen molar-refractivity contribution < 1.29 is 28.6 Å². The zero-order valence-electron chi connectivity index (χ0n) is 17.8. The highest BCUT2D eigenvalue weighted by Gasteiger charge is 2.72. The first kappa shape index (κ1) is 21.3. The molecule has 9 heteroatoms. The van der Waals surface area contributed by atoms with E-state index in [4.69, 9.17) is 14.2 Å². The van der Waals surface area contributed by atoms with Gasteiger partial charge < -0.3 is 29.7 Å². The summed E-state index contributed by atoms with van der Waals surface area (Å²) >= 11 is 0. The highest BCUT2D eigenvalue weighted by Crippen LogP contribution is 2.54. The van der Waals surface area contributed by atoms with Gasteiger partial charge >= 0.3 is 0 Å². The number of hydrogen-bond acceptors (Lipinski definition) is 6. The zero-order valence-corrected chi connectivity index (χ0v) is 17.8. The Bertz CT molecular complexity index is 901. The summed E-state index contributed by atoms with van der Waals surface area (Å²) in [5, 5.41) is 5.55. The van der Waals surface area contributed by atoms with Crippen LogP contribution < -0.4 is 15.4 Å². The first-order valence-electron chi connectivity index (χ1n) is 10.3. The molecule has 4 rings (SSSR count). The Balaban J connectivity index is 1.59. The monoisotopic (exact) mass is 429 g/mol. The maximum Gasteiger partial charge on any atom is 0.246 e. The van der Waals surface area contributed by atoms with Gasteiger partial charge in [-0.1, -0.05) is 24.3 Å². The summed E-state index contributed by atoms with van der Waals surface area (Å²) in [5.74, 6) is -1.53. The SMILES string of the molecule is CNC(=O)[C@@H]1[C@@H]2C=C[C@]3(O2)[C@@H]1C(=O)N(CCOC)[C@@H]3C(=O)NCc1ccc(OC)cc1. The van der Waals surface area contributed by atoms with E-state index in [9.17, 15) is 14.4 Å². The number of hydrogen-bond donors (Lipinski definition) is 2. The molecule has 0 unspecified atom stereocenters. The second kappa shape index (κ2) is 8.32. The summed E-state index contributed by atoms with van der Waals surface area (Å²) in [5.41, 5.74) is -0.261. The van der Waals surface area contributed by atoms with Gasteiger partial charge in [0, 0.05) is 27.2 Å². The molecule has 1 aromatic carbocycles. The minimum absolute atomic E-state index is 0.233. The topological polar surface area (TPSA) is 106 Å². The van der Waals surface area contributed by atoms with E-state index in [1.807, 2.05) is 24.3 Å². The smallest absolute Gasteiger partial charge is 0.246 e. The van der Waals surface area contributed by atoms with E-state index in [0.717, 1.165) is 11.3 Å². The quantitative estimate of drug-likeness (QED) is 0.557. The van der Waals surface area contributed by atoms with Crippen molar-refractivity contribution in [3.8, 4) is 5.75 Å². The summed E-state index contributed by atoms with van der Waals surface area (Å²) in [6.45, 7) is 0.795. The van der Waals surface area contributed by atoms with Gasteiger partial charge in [0.25, 0.3) is 0 Å². The average molecular weight is 429 g/mol. The second-order valence-electron chi connectivity index (χ2n) is 7.91. The molecule has 2 N–H and O–H groups in total. The third-order valence-electron chi connectivity index (χ3n) is 6.33. The number of rotatable bonds is 8. The van der Waals surface area contributed by atoms with Gasteiger partial charge in [-0.05, 0) is 17.7 Å². The predicted molar refractivity (Wildman–Crippen MR) is 110 cm³/mol. The fraction of sp³-hybridized carbons (Fsp3) is 0.500. The third-order valence-corrected chi connectivity index (χ3v) is 6.33. The number of carbonyl (C=O) groups is 3. The van der Waals surface area contributed by atoms with Gasteiger partial charge in [-0.15, -0.1) is 0 Å². The summed E-state index contributed by atoms with van der Waals surface area (Å²) < 4.78 is 16.5.